The van der Waals surface area contributed by atoms with Crippen molar-refractivity contribution in [3.8, 4) is 5.75 Å². The van der Waals surface area contributed by atoms with Gasteiger partial charge >= 0.3 is 5.97 Å². The van der Waals surface area contributed by atoms with Gasteiger partial charge in [-0.15, -0.1) is 0 Å². The third-order valence-corrected chi connectivity index (χ3v) is 5.96. The van der Waals surface area contributed by atoms with E-state index >= 15 is 0 Å². The highest BCUT2D eigenvalue weighted by molar-refractivity contribution is 14.1. The number of carbonyl (C=O) groups is 1. The fourth-order valence-corrected chi connectivity index (χ4v) is 3.37. The van der Waals surface area contributed by atoms with Gasteiger partial charge in [0.15, 0.2) is 5.70 Å². The summed E-state index contributed by atoms with van der Waals surface area (Å²) in [4.78, 5) is 16.8. The van der Waals surface area contributed by atoms with Crippen molar-refractivity contribution in [2.45, 2.75) is 20.5 Å². The number of hydrogen-bond acceptors (Lipinski definition) is 4. The highest BCUT2D eigenvalue weighted by Crippen LogP contribution is 2.26. The number of cyclic esters (lactones) is 1. The van der Waals surface area contributed by atoms with Crippen molar-refractivity contribution >= 4 is 40.5 Å². The molecule has 150 valence electrons. The van der Waals surface area contributed by atoms with E-state index in [1.54, 1.807) is 6.08 Å². The maximum Gasteiger partial charge on any atom is 0.363 e. The average molecular weight is 509 g/mol. The molecule has 4 nitrogen and oxygen atoms in total. The summed E-state index contributed by atoms with van der Waals surface area (Å²) >= 11 is 2.27. The average Bonchev–Trinajstić information content (AvgIpc) is 3.11. The summed E-state index contributed by atoms with van der Waals surface area (Å²) in [6, 6.07) is 21.7. The molecule has 0 fully saturated rings. The standard InChI is InChI=1S/C25H20INO3/c1-16-7-9-18(10-8-16)15-29-23-6-4-3-5-19(23)14-22-25(28)30-24(27-22)20-11-12-21(26)17(2)13-20/h3-14H,15H2,1-2H3/b22-14-. The lowest BCUT2D eigenvalue weighted by Crippen LogP contribution is -2.05. The summed E-state index contributed by atoms with van der Waals surface area (Å²) in [5, 5.41) is 0. The number of benzene rings is 3. The molecular weight excluding hydrogens is 489 g/mol. The van der Waals surface area contributed by atoms with Gasteiger partial charge in [-0.25, -0.2) is 9.79 Å². The third-order valence-electron chi connectivity index (χ3n) is 4.75. The Balaban J connectivity index is 1.58. The molecule has 0 N–H and O–H groups in total. The Morgan fingerprint density at radius 2 is 1.80 bits per heavy atom. The number of aryl methyl sites for hydroxylation is 2. The van der Waals surface area contributed by atoms with Crippen molar-refractivity contribution in [3.05, 3.63) is 104 Å². The molecular formula is C25H20INO3. The molecule has 0 spiro atoms. The first-order valence-electron chi connectivity index (χ1n) is 9.56. The number of halogens is 1. The van der Waals surface area contributed by atoms with E-state index in [2.05, 4.69) is 46.6 Å². The minimum atomic E-state index is -0.463. The van der Waals surface area contributed by atoms with Gasteiger partial charge in [0.25, 0.3) is 0 Å². The topological polar surface area (TPSA) is 47.9 Å². The summed E-state index contributed by atoms with van der Waals surface area (Å²) in [5.41, 5.74) is 5.22. The predicted molar refractivity (Wildman–Crippen MR) is 126 cm³/mol. The van der Waals surface area contributed by atoms with Crippen molar-refractivity contribution in [2.75, 3.05) is 0 Å². The van der Waals surface area contributed by atoms with Crippen LogP contribution in [0.15, 0.2) is 77.4 Å². The van der Waals surface area contributed by atoms with Crippen LogP contribution in [0.1, 0.15) is 27.8 Å². The van der Waals surface area contributed by atoms with Crippen LogP contribution in [0.5, 0.6) is 5.75 Å². The molecule has 0 aliphatic carbocycles. The first-order chi connectivity index (χ1) is 14.5. The molecule has 0 amide bonds. The molecule has 0 aromatic heterocycles. The van der Waals surface area contributed by atoms with Gasteiger partial charge in [-0.2, -0.15) is 0 Å². The zero-order valence-electron chi connectivity index (χ0n) is 16.7. The smallest absolute Gasteiger partial charge is 0.363 e. The molecule has 1 aliphatic rings. The molecule has 1 heterocycles. The molecule has 30 heavy (non-hydrogen) atoms. The summed E-state index contributed by atoms with van der Waals surface area (Å²) in [6.45, 7) is 4.52. The van der Waals surface area contributed by atoms with Crippen LogP contribution in [0.2, 0.25) is 0 Å². The minimum absolute atomic E-state index is 0.257. The van der Waals surface area contributed by atoms with Gasteiger partial charge in [-0.1, -0.05) is 48.0 Å². The van der Waals surface area contributed by atoms with E-state index in [4.69, 9.17) is 9.47 Å². The van der Waals surface area contributed by atoms with Crippen LogP contribution in [0.3, 0.4) is 0 Å². The van der Waals surface area contributed by atoms with E-state index in [-0.39, 0.29) is 5.70 Å². The van der Waals surface area contributed by atoms with Crippen molar-refractivity contribution in [2.24, 2.45) is 4.99 Å². The molecule has 5 heteroatoms. The quantitative estimate of drug-likeness (QED) is 0.247. The molecule has 0 saturated heterocycles. The lowest BCUT2D eigenvalue weighted by molar-refractivity contribution is -0.129. The monoisotopic (exact) mass is 509 g/mol. The van der Waals surface area contributed by atoms with E-state index in [1.165, 1.54) is 5.56 Å². The highest BCUT2D eigenvalue weighted by atomic mass is 127. The van der Waals surface area contributed by atoms with Gasteiger partial charge in [-0.3, -0.25) is 0 Å². The number of ether oxygens (including phenoxy) is 2. The number of hydrogen-bond donors (Lipinski definition) is 0. The fourth-order valence-electron chi connectivity index (χ4n) is 3.03. The molecule has 3 aromatic carbocycles. The number of rotatable bonds is 5. The van der Waals surface area contributed by atoms with Crippen LogP contribution < -0.4 is 4.74 Å². The second-order valence-corrected chi connectivity index (χ2v) is 8.27. The zero-order valence-corrected chi connectivity index (χ0v) is 18.8. The van der Waals surface area contributed by atoms with E-state index in [0.717, 1.165) is 25.8 Å². The third kappa shape index (κ3) is 4.62. The summed E-state index contributed by atoms with van der Waals surface area (Å²) in [5.74, 6) is 0.547. The Morgan fingerprint density at radius 1 is 1.03 bits per heavy atom. The van der Waals surface area contributed by atoms with E-state index in [1.807, 2.05) is 61.5 Å². The van der Waals surface area contributed by atoms with Crippen LogP contribution in [-0.4, -0.2) is 11.9 Å². The van der Waals surface area contributed by atoms with Crippen molar-refractivity contribution in [1.29, 1.82) is 0 Å². The predicted octanol–water partition coefficient (Wildman–Crippen LogP) is 5.83. The molecule has 0 bridgehead atoms. The van der Waals surface area contributed by atoms with E-state index in [0.29, 0.717) is 18.3 Å². The SMILES string of the molecule is Cc1ccc(COc2ccccc2/C=C2\N=C(c3ccc(I)c(C)c3)OC2=O)cc1. The molecule has 0 atom stereocenters. The molecule has 1 aliphatic heterocycles. The van der Waals surface area contributed by atoms with Crippen molar-refractivity contribution < 1.29 is 14.3 Å². The second kappa shape index (κ2) is 8.83. The summed E-state index contributed by atoms with van der Waals surface area (Å²) in [7, 11) is 0. The number of carbonyl (C=O) groups excluding carboxylic acids is 1. The molecule has 0 radical (unpaired) electrons. The van der Waals surface area contributed by atoms with Gasteiger partial charge in [0.05, 0.1) is 0 Å². The Hall–Kier alpha value is -2.93. The second-order valence-electron chi connectivity index (χ2n) is 7.11. The normalized spacial score (nSPS) is 14.6. The first kappa shape index (κ1) is 20.3. The van der Waals surface area contributed by atoms with Crippen molar-refractivity contribution in [3.63, 3.8) is 0 Å². The lowest BCUT2D eigenvalue weighted by Gasteiger charge is -2.09. The van der Waals surface area contributed by atoms with E-state index < -0.39 is 5.97 Å². The first-order valence-corrected chi connectivity index (χ1v) is 10.6. The Labute approximate surface area is 189 Å². The van der Waals surface area contributed by atoms with Gasteiger partial charge in [0, 0.05) is 14.7 Å². The fraction of sp³-hybridized carbons (Fsp3) is 0.120. The van der Waals surface area contributed by atoms with Crippen LogP contribution in [0.4, 0.5) is 0 Å². The van der Waals surface area contributed by atoms with Gasteiger partial charge in [0.2, 0.25) is 5.90 Å². The zero-order chi connectivity index (χ0) is 21.1. The molecule has 3 aromatic rings. The Morgan fingerprint density at radius 3 is 2.57 bits per heavy atom. The van der Waals surface area contributed by atoms with Crippen LogP contribution in [0, 0.1) is 17.4 Å². The van der Waals surface area contributed by atoms with E-state index in [9.17, 15) is 4.79 Å². The maximum absolute atomic E-state index is 12.4. The number of nitrogens with zero attached hydrogens (tertiary/aromatic N) is 1. The van der Waals surface area contributed by atoms with Gasteiger partial charge < -0.3 is 9.47 Å². The lowest BCUT2D eigenvalue weighted by atomic mass is 10.1. The largest absolute Gasteiger partial charge is 0.488 e. The molecule has 4 rings (SSSR count). The maximum atomic E-state index is 12.4. The van der Waals surface area contributed by atoms with Crippen LogP contribution >= 0.6 is 22.6 Å². The Bertz CT molecular complexity index is 1160. The molecule has 0 unspecified atom stereocenters. The van der Waals surface area contributed by atoms with Gasteiger partial charge in [-0.05, 0) is 77.9 Å². The van der Waals surface area contributed by atoms with Gasteiger partial charge in [0.1, 0.15) is 12.4 Å². The minimum Gasteiger partial charge on any atom is -0.488 e. The molecule has 0 saturated carbocycles. The summed E-state index contributed by atoms with van der Waals surface area (Å²) < 4.78 is 12.6. The highest BCUT2D eigenvalue weighted by Gasteiger charge is 2.24. The van der Waals surface area contributed by atoms with Crippen LogP contribution in [-0.2, 0) is 16.1 Å². The Kier molecular flexibility index (Phi) is 5.99. The number of aliphatic imine (C=N–C) groups is 1. The van der Waals surface area contributed by atoms with Crippen molar-refractivity contribution in [1.82, 2.24) is 0 Å². The van der Waals surface area contributed by atoms with Crippen LogP contribution in [0.25, 0.3) is 6.08 Å². The number of para-hydroxylation sites is 1. The number of esters is 1. The summed E-state index contributed by atoms with van der Waals surface area (Å²) in [6.07, 6.45) is 1.71.